The van der Waals surface area contributed by atoms with Crippen molar-refractivity contribution in [3.05, 3.63) is 70.5 Å². The van der Waals surface area contributed by atoms with Crippen LogP contribution < -0.4 is 5.73 Å². The predicted octanol–water partition coefficient (Wildman–Crippen LogP) is 2.87. The van der Waals surface area contributed by atoms with Crippen molar-refractivity contribution in [2.24, 2.45) is 0 Å². The minimum absolute atomic E-state index is 0.132. The number of rotatable bonds is 6. The molecule has 170 valence electrons. The third-order valence-electron chi connectivity index (χ3n) is 5.56. The summed E-state index contributed by atoms with van der Waals surface area (Å²) in [6, 6.07) is 12.7. The van der Waals surface area contributed by atoms with E-state index in [4.69, 9.17) is 10.5 Å². The summed E-state index contributed by atoms with van der Waals surface area (Å²) in [5.74, 6) is 0.0586. The molecule has 0 unspecified atom stereocenters. The van der Waals surface area contributed by atoms with Gasteiger partial charge in [0.1, 0.15) is 18.2 Å². The molecule has 0 saturated carbocycles. The van der Waals surface area contributed by atoms with Crippen molar-refractivity contribution in [3.63, 3.8) is 0 Å². The van der Waals surface area contributed by atoms with Crippen LogP contribution in [-0.2, 0) is 20.9 Å². The first-order chi connectivity index (χ1) is 16.0. The number of methoxy groups -OCH3 is 1. The predicted molar refractivity (Wildman–Crippen MR) is 130 cm³/mol. The van der Waals surface area contributed by atoms with Gasteiger partial charge in [-0.05, 0) is 41.5 Å². The quantitative estimate of drug-likeness (QED) is 0.512. The number of nitrogens with two attached hydrogens (primary N) is 1. The fraction of sp³-hybridized carbons (Fsp3) is 0.250. The van der Waals surface area contributed by atoms with Gasteiger partial charge in [-0.2, -0.15) is 0 Å². The summed E-state index contributed by atoms with van der Waals surface area (Å²) >= 11 is 3.43. The summed E-state index contributed by atoms with van der Waals surface area (Å²) < 4.78 is 6.21. The van der Waals surface area contributed by atoms with E-state index in [0.29, 0.717) is 25.5 Å². The number of anilines is 1. The highest BCUT2D eigenvalue weighted by Gasteiger charge is 2.36. The number of halogens is 1. The molecule has 0 spiro atoms. The van der Waals surface area contributed by atoms with E-state index in [1.807, 2.05) is 42.5 Å². The number of amides is 2. The van der Waals surface area contributed by atoms with Crippen LogP contribution in [0.15, 0.2) is 59.3 Å². The molecule has 1 fully saturated rings. The molecule has 1 aliphatic rings. The second-order valence-corrected chi connectivity index (χ2v) is 8.68. The molecule has 0 bridgehead atoms. The Labute approximate surface area is 200 Å². The number of carbonyl (C=O) groups excluding carboxylic acids is 2. The Morgan fingerprint density at radius 2 is 2.09 bits per heavy atom. The Morgan fingerprint density at radius 3 is 2.88 bits per heavy atom. The zero-order chi connectivity index (χ0) is 23.4. The highest BCUT2D eigenvalue weighted by molar-refractivity contribution is 9.10. The van der Waals surface area contributed by atoms with E-state index in [1.165, 1.54) is 19.5 Å². The van der Waals surface area contributed by atoms with Gasteiger partial charge in [-0.3, -0.25) is 9.59 Å². The van der Waals surface area contributed by atoms with Crippen LogP contribution in [0.3, 0.4) is 0 Å². The molecule has 3 aromatic rings. The van der Waals surface area contributed by atoms with E-state index >= 15 is 0 Å². The summed E-state index contributed by atoms with van der Waals surface area (Å²) in [5, 5.41) is 0.775. The normalized spacial score (nSPS) is 16.7. The van der Waals surface area contributed by atoms with E-state index in [0.717, 1.165) is 26.5 Å². The zero-order valence-corrected chi connectivity index (χ0v) is 19.7. The Bertz CT molecular complexity index is 1220. The number of piperazine rings is 1. The lowest BCUT2D eigenvalue weighted by atomic mass is 10.1. The van der Waals surface area contributed by atoms with Gasteiger partial charge in [0.15, 0.2) is 0 Å². The molecule has 1 aliphatic heterocycles. The lowest BCUT2D eigenvalue weighted by Crippen LogP contribution is -2.59. The van der Waals surface area contributed by atoms with Gasteiger partial charge in [-0.1, -0.05) is 34.1 Å². The largest absolute Gasteiger partial charge is 0.383 e. The molecule has 2 heterocycles. The van der Waals surface area contributed by atoms with Gasteiger partial charge in [0.05, 0.1) is 12.1 Å². The average Bonchev–Trinajstić information content (AvgIpc) is 2.80. The number of fused-ring (bicyclic) bond motifs is 1. The molecule has 0 aliphatic carbocycles. The highest BCUT2D eigenvalue weighted by Crippen LogP contribution is 2.21. The minimum atomic E-state index is -0.679. The summed E-state index contributed by atoms with van der Waals surface area (Å²) in [6.07, 6.45) is 4.67. The highest BCUT2D eigenvalue weighted by atomic mass is 79.9. The molecule has 2 N–H and O–H groups in total. The summed E-state index contributed by atoms with van der Waals surface area (Å²) in [4.78, 5) is 37.7. The van der Waals surface area contributed by atoms with Crippen LogP contribution in [0.4, 0.5) is 5.82 Å². The van der Waals surface area contributed by atoms with Crippen LogP contribution >= 0.6 is 15.9 Å². The zero-order valence-electron chi connectivity index (χ0n) is 18.1. The number of nitrogen functional groups attached to an aromatic ring is 1. The van der Waals surface area contributed by atoms with Gasteiger partial charge < -0.3 is 20.3 Å². The summed E-state index contributed by atoms with van der Waals surface area (Å²) in [7, 11) is 1.53. The lowest BCUT2D eigenvalue weighted by Gasteiger charge is -2.40. The Hall–Kier alpha value is -3.30. The second-order valence-electron chi connectivity index (χ2n) is 7.76. The number of aromatic nitrogens is 2. The minimum Gasteiger partial charge on any atom is -0.383 e. The smallest absolute Gasteiger partial charge is 0.248 e. The van der Waals surface area contributed by atoms with Crippen molar-refractivity contribution in [1.29, 1.82) is 0 Å². The van der Waals surface area contributed by atoms with E-state index in [1.54, 1.807) is 15.9 Å². The van der Waals surface area contributed by atoms with E-state index in [2.05, 4.69) is 25.9 Å². The monoisotopic (exact) mass is 509 g/mol. The second kappa shape index (κ2) is 10.1. The Kier molecular flexibility index (Phi) is 7.00. The van der Waals surface area contributed by atoms with E-state index in [9.17, 15) is 9.59 Å². The van der Waals surface area contributed by atoms with Gasteiger partial charge in [0, 0.05) is 42.7 Å². The van der Waals surface area contributed by atoms with Gasteiger partial charge in [-0.15, -0.1) is 0 Å². The van der Waals surface area contributed by atoms with Crippen molar-refractivity contribution >= 4 is 50.5 Å². The number of carbonyl (C=O) groups is 2. The van der Waals surface area contributed by atoms with Crippen molar-refractivity contribution in [1.82, 2.24) is 19.8 Å². The fourth-order valence-corrected chi connectivity index (χ4v) is 4.31. The molecule has 9 heteroatoms. The molecule has 0 radical (unpaired) electrons. The molecule has 1 atom stereocenters. The molecular formula is C24H24BrN5O3. The van der Waals surface area contributed by atoms with E-state index in [-0.39, 0.29) is 18.4 Å². The topological polar surface area (TPSA) is 102 Å². The third-order valence-corrected chi connectivity index (χ3v) is 6.06. The van der Waals surface area contributed by atoms with Crippen LogP contribution in [0.2, 0.25) is 0 Å². The first-order valence-corrected chi connectivity index (χ1v) is 11.3. The lowest BCUT2D eigenvalue weighted by molar-refractivity contribution is -0.152. The van der Waals surface area contributed by atoms with Crippen LogP contribution in [0.25, 0.3) is 17.0 Å². The van der Waals surface area contributed by atoms with Crippen molar-refractivity contribution in [3.8, 4) is 0 Å². The first-order valence-electron chi connectivity index (χ1n) is 10.5. The van der Waals surface area contributed by atoms with Crippen molar-refractivity contribution < 1.29 is 14.3 Å². The number of ether oxygens (including phenoxy) is 1. The maximum Gasteiger partial charge on any atom is 0.248 e. The van der Waals surface area contributed by atoms with Crippen LogP contribution in [0.5, 0.6) is 0 Å². The summed E-state index contributed by atoms with van der Waals surface area (Å²) in [5.41, 5.74) is 8.46. The SMILES string of the molecule is COC[C@H]1C(=O)N(Cc2ccc3c(N)ncnc3c2)CCN1C(=O)C=Cc1cccc(Br)c1. The number of nitrogens with zero attached hydrogens (tertiary/aromatic N) is 4. The van der Waals surface area contributed by atoms with Crippen LogP contribution in [0.1, 0.15) is 11.1 Å². The average molecular weight is 510 g/mol. The van der Waals surface area contributed by atoms with E-state index < -0.39 is 6.04 Å². The van der Waals surface area contributed by atoms with Gasteiger partial charge in [-0.25, -0.2) is 9.97 Å². The van der Waals surface area contributed by atoms with Crippen LogP contribution in [-0.4, -0.2) is 64.4 Å². The molecule has 2 amide bonds. The fourth-order valence-electron chi connectivity index (χ4n) is 3.89. The summed E-state index contributed by atoms with van der Waals surface area (Å²) in [6.45, 7) is 1.39. The van der Waals surface area contributed by atoms with Crippen molar-refractivity contribution in [2.45, 2.75) is 12.6 Å². The molecule has 1 saturated heterocycles. The molecule has 33 heavy (non-hydrogen) atoms. The van der Waals surface area contributed by atoms with Crippen LogP contribution in [0, 0.1) is 0 Å². The van der Waals surface area contributed by atoms with Gasteiger partial charge in [0.2, 0.25) is 11.8 Å². The molecule has 8 nitrogen and oxygen atoms in total. The van der Waals surface area contributed by atoms with Gasteiger partial charge in [0.25, 0.3) is 0 Å². The standard InChI is InChI=1S/C24H24BrN5O3/c1-33-14-21-24(32)29(13-17-5-7-19-20(12-17)27-15-28-23(19)26)9-10-30(21)22(31)8-6-16-3-2-4-18(25)11-16/h2-8,11-12,15,21H,9-10,13-14H2,1H3,(H2,26,27,28)/t21-/m0/s1. The van der Waals surface area contributed by atoms with Crippen molar-refractivity contribution in [2.75, 3.05) is 32.5 Å². The number of hydrogen-bond donors (Lipinski definition) is 1. The molecule has 2 aromatic carbocycles. The Morgan fingerprint density at radius 1 is 1.24 bits per heavy atom. The maximum absolute atomic E-state index is 13.2. The molecule has 1 aromatic heterocycles. The molecular weight excluding hydrogens is 486 g/mol. The maximum atomic E-state index is 13.2. The third kappa shape index (κ3) is 5.20. The number of benzene rings is 2. The number of hydrogen-bond acceptors (Lipinski definition) is 6. The van der Waals surface area contributed by atoms with Gasteiger partial charge >= 0.3 is 0 Å². The Balaban J connectivity index is 1.48. The first kappa shape index (κ1) is 22.9. The molecule has 4 rings (SSSR count).